The van der Waals surface area contributed by atoms with Crippen molar-refractivity contribution < 1.29 is 19.1 Å². The molecule has 0 atom stereocenters. The molecule has 0 bridgehead atoms. The topological polar surface area (TPSA) is 76.7 Å². The van der Waals surface area contributed by atoms with Crippen LogP contribution in [0, 0.1) is 0 Å². The van der Waals surface area contributed by atoms with E-state index in [1.807, 2.05) is 12.1 Å². The molecule has 1 aliphatic heterocycles. The van der Waals surface area contributed by atoms with E-state index >= 15 is 0 Å². The number of nitrogens with one attached hydrogen (secondary N) is 2. The van der Waals surface area contributed by atoms with Gasteiger partial charge in [0.1, 0.15) is 5.60 Å². The molecule has 1 heterocycles. The van der Waals surface area contributed by atoms with Gasteiger partial charge in [-0.05, 0) is 50.0 Å². The summed E-state index contributed by atoms with van der Waals surface area (Å²) in [4.78, 5) is 23.8. The van der Waals surface area contributed by atoms with Crippen LogP contribution < -0.4 is 10.6 Å². The highest BCUT2D eigenvalue weighted by molar-refractivity contribution is 5.89. The molecule has 1 aromatic carbocycles. The second-order valence-electron chi connectivity index (χ2n) is 5.64. The summed E-state index contributed by atoms with van der Waals surface area (Å²) in [6.45, 7) is 2.11. The number of hydrogen-bond donors (Lipinski definition) is 2. The van der Waals surface area contributed by atoms with Crippen LogP contribution >= 0.6 is 0 Å². The Labute approximate surface area is 136 Å². The van der Waals surface area contributed by atoms with Crippen LogP contribution in [0.25, 0.3) is 0 Å². The number of benzene rings is 1. The van der Waals surface area contributed by atoms with Crippen molar-refractivity contribution in [1.29, 1.82) is 0 Å². The van der Waals surface area contributed by atoms with E-state index in [0.717, 1.165) is 18.7 Å². The molecule has 1 fully saturated rings. The maximum atomic E-state index is 12.4. The number of amides is 1. The summed E-state index contributed by atoms with van der Waals surface area (Å²) in [5, 5.41) is 6.19. The van der Waals surface area contributed by atoms with E-state index in [2.05, 4.69) is 15.4 Å². The van der Waals surface area contributed by atoms with Gasteiger partial charge < -0.3 is 20.1 Å². The summed E-state index contributed by atoms with van der Waals surface area (Å²) < 4.78 is 10.2. The highest BCUT2D eigenvalue weighted by Crippen LogP contribution is 2.22. The van der Waals surface area contributed by atoms with Gasteiger partial charge in [-0.15, -0.1) is 0 Å². The van der Waals surface area contributed by atoms with E-state index in [0.29, 0.717) is 31.4 Å². The van der Waals surface area contributed by atoms with E-state index in [4.69, 9.17) is 4.74 Å². The lowest BCUT2D eigenvalue weighted by molar-refractivity contribution is -0.146. The van der Waals surface area contributed by atoms with Gasteiger partial charge in [0.05, 0.1) is 12.7 Å². The quantitative estimate of drug-likeness (QED) is 0.762. The Morgan fingerprint density at radius 3 is 2.39 bits per heavy atom. The number of methoxy groups -OCH3 is 2. The molecule has 23 heavy (non-hydrogen) atoms. The van der Waals surface area contributed by atoms with Gasteiger partial charge in [0.15, 0.2) is 0 Å². The Kier molecular flexibility index (Phi) is 6.12. The highest BCUT2D eigenvalue weighted by Gasteiger charge is 2.39. The zero-order chi connectivity index (χ0) is 16.7. The normalized spacial score (nSPS) is 16.6. The summed E-state index contributed by atoms with van der Waals surface area (Å²) in [6, 6.07) is 7.20. The predicted molar refractivity (Wildman–Crippen MR) is 86.3 cm³/mol. The van der Waals surface area contributed by atoms with Gasteiger partial charge in [-0.3, -0.25) is 4.79 Å². The number of esters is 1. The summed E-state index contributed by atoms with van der Waals surface area (Å²) >= 11 is 0. The van der Waals surface area contributed by atoms with Crippen LogP contribution in [0.15, 0.2) is 24.3 Å². The fourth-order valence-corrected chi connectivity index (χ4v) is 2.76. The lowest BCUT2D eigenvalue weighted by atomic mass is 9.91. The molecule has 6 nitrogen and oxygen atoms in total. The number of piperidine rings is 1. The number of carbonyl (C=O) groups is 2. The number of rotatable bonds is 6. The molecule has 2 rings (SSSR count). The second kappa shape index (κ2) is 8.08. The standard InChI is InChI=1S/C17H24N2O4/c1-22-15(20)14-5-3-13(4-6-14)7-10-19-16(21)17(23-2)8-11-18-12-9-17/h3-6,18H,7-12H2,1-2H3,(H,19,21). The van der Waals surface area contributed by atoms with Crippen LogP contribution in [0.5, 0.6) is 0 Å². The fourth-order valence-electron chi connectivity index (χ4n) is 2.76. The van der Waals surface area contributed by atoms with Crippen molar-refractivity contribution in [1.82, 2.24) is 10.6 Å². The highest BCUT2D eigenvalue weighted by atomic mass is 16.5. The van der Waals surface area contributed by atoms with Gasteiger partial charge in [-0.25, -0.2) is 4.79 Å². The van der Waals surface area contributed by atoms with Crippen molar-refractivity contribution in [2.45, 2.75) is 24.9 Å². The molecule has 1 saturated heterocycles. The smallest absolute Gasteiger partial charge is 0.337 e. The summed E-state index contributed by atoms with van der Waals surface area (Å²) in [7, 11) is 2.95. The molecule has 1 aromatic rings. The van der Waals surface area contributed by atoms with Crippen LogP contribution in [-0.2, 0) is 20.7 Å². The number of ether oxygens (including phenoxy) is 2. The number of hydrogen-bond acceptors (Lipinski definition) is 5. The Morgan fingerprint density at radius 2 is 1.83 bits per heavy atom. The van der Waals surface area contributed by atoms with Crippen LogP contribution in [0.2, 0.25) is 0 Å². The van der Waals surface area contributed by atoms with Crippen molar-refractivity contribution >= 4 is 11.9 Å². The van der Waals surface area contributed by atoms with Crippen molar-refractivity contribution in [3.8, 4) is 0 Å². The molecule has 0 radical (unpaired) electrons. The molecular formula is C17H24N2O4. The minimum absolute atomic E-state index is 0.0484. The van der Waals surface area contributed by atoms with Crippen molar-refractivity contribution in [2.24, 2.45) is 0 Å². The third-order valence-electron chi connectivity index (χ3n) is 4.29. The largest absolute Gasteiger partial charge is 0.465 e. The Morgan fingerprint density at radius 1 is 1.17 bits per heavy atom. The summed E-state index contributed by atoms with van der Waals surface area (Å²) in [6.07, 6.45) is 2.07. The molecule has 0 aliphatic carbocycles. The van der Waals surface area contributed by atoms with Gasteiger partial charge in [0.25, 0.3) is 5.91 Å². The first kappa shape index (κ1) is 17.4. The Bertz CT molecular complexity index is 536. The van der Waals surface area contributed by atoms with Crippen molar-refractivity contribution in [3.05, 3.63) is 35.4 Å². The molecule has 6 heteroatoms. The molecule has 1 amide bonds. The molecule has 1 aliphatic rings. The molecule has 2 N–H and O–H groups in total. The first-order valence-corrected chi connectivity index (χ1v) is 7.83. The molecule has 0 unspecified atom stereocenters. The zero-order valence-electron chi connectivity index (χ0n) is 13.7. The fraction of sp³-hybridized carbons (Fsp3) is 0.529. The molecule has 0 spiro atoms. The predicted octanol–water partition coefficient (Wildman–Crippen LogP) is 0.900. The summed E-state index contributed by atoms with van der Waals surface area (Å²) in [5.41, 5.74) is 0.864. The van der Waals surface area contributed by atoms with E-state index in [-0.39, 0.29) is 11.9 Å². The van der Waals surface area contributed by atoms with Gasteiger partial charge in [-0.2, -0.15) is 0 Å². The summed E-state index contributed by atoms with van der Waals surface area (Å²) in [5.74, 6) is -0.398. The first-order valence-electron chi connectivity index (χ1n) is 7.83. The molecule has 126 valence electrons. The lowest BCUT2D eigenvalue weighted by Crippen LogP contribution is -2.54. The van der Waals surface area contributed by atoms with Gasteiger partial charge in [0.2, 0.25) is 0 Å². The van der Waals surface area contributed by atoms with E-state index in [1.54, 1.807) is 19.2 Å². The lowest BCUT2D eigenvalue weighted by Gasteiger charge is -2.34. The Balaban J connectivity index is 1.84. The third-order valence-corrected chi connectivity index (χ3v) is 4.29. The maximum Gasteiger partial charge on any atom is 0.337 e. The minimum Gasteiger partial charge on any atom is -0.465 e. The van der Waals surface area contributed by atoms with Crippen molar-refractivity contribution in [2.75, 3.05) is 33.9 Å². The van der Waals surface area contributed by atoms with Crippen LogP contribution in [-0.4, -0.2) is 51.3 Å². The van der Waals surface area contributed by atoms with E-state index in [1.165, 1.54) is 7.11 Å². The van der Waals surface area contributed by atoms with Crippen LogP contribution in [0.1, 0.15) is 28.8 Å². The Hall–Kier alpha value is -1.92. The average Bonchev–Trinajstić information content (AvgIpc) is 2.62. The van der Waals surface area contributed by atoms with Gasteiger partial charge >= 0.3 is 5.97 Å². The van der Waals surface area contributed by atoms with E-state index < -0.39 is 5.60 Å². The van der Waals surface area contributed by atoms with Crippen molar-refractivity contribution in [3.63, 3.8) is 0 Å². The van der Waals surface area contributed by atoms with Gasteiger partial charge in [-0.1, -0.05) is 12.1 Å². The zero-order valence-corrected chi connectivity index (χ0v) is 13.7. The third kappa shape index (κ3) is 4.30. The second-order valence-corrected chi connectivity index (χ2v) is 5.64. The van der Waals surface area contributed by atoms with E-state index in [9.17, 15) is 9.59 Å². The van der Waals surface area contributed by atoms with Crippen LogP contribution in [0.4, 0.5) is 0 Å². The number of carbonyl (C=O) groups excluding carboxylic acids is 2. The average molecular weight is 320 g/mol. The molecule has 0 aromatic heterocycles. The molecular weight excluding hydrogens is 296 g/mol. The van der Waals surface area contributed by atoms with Crippen LogP contribution in [0.3, 0.4) is 0 Å². The first-order chi connectivity index (χ1) is 11.1. The minimum atomic E-state index is -0.708. The van der Waals surface area contributed by atoms with Gasteiger partial charge in [0, 0.05) is 13.7 Å². The maximum absolute atomic E-state index is 12.4. The molecule has 0 saturated carbocycles. The SMILES string of the molecule is COC(=O)c1ccc(CCNC(=O)C2(OC)CCNCC2)cc1. The monoisotopic (exact) mass is 320 g/mol.